The maximum Gasteiger partial charge on any atom is 0.169 e. The van der Waals surface area contributed by atoms with Crippen molar-refractivity contribution in [2.45, 2.75) is 25.3 Å². The minimum atomic E-state index is 0.682. The van der Waals surface area contributed by atoms with E-state index in [9.17, 15) is 5.26 Å². The highest BCUT2D eigenvalue weighted by Crippen LogP contribution is 2.42. The maximum atomic E-state index is 9.61. The lowest BCUT2D eigenvalue weighted by atomic mass is 9.90. The van der Waals surface area contributed by atoms with Crippen LogP contribution < -0.4 is 4.90 Å². The van der Waals surface area contributed by atoms with Crippen LogP contribution in [-0.4, -0.2) is 46.5 Å². The van der Waals surface area contributed by atoms with Gasteiger partial charge in [0.1, 0.15) is 11.7 Å². The molecule has 2 aromatic rings. The van der Waals surface area contributed by atoms with E-state index in [-0.39, 0.29) is 0 Å². The molecule has 0 aromatic carbocycles. The molecule has 0 amide bonds. The highest BCUT2D eigenvalue weighted by Gasteiger charge is 2.47. The molecule has 0 aliphatic carbocycles. The Labute approximate surface area is 136 Å². The molecule has 118 valence electrons. The summed E-state index contributed by atoms with van der Waals surface area (Å²) in [5.74, 6) is 2.39. The molecule has 5 rings (SSSR count). The van der Waals surface area contributed by atoms with Crippen LogP contribution >= 0.6 is 0 Å². The van der Waals surface area contributed by atoms with Gasteiger partial charge in [-0.2, -0.15) is 5.26 Å². The first-order chi connectivity index (χ1) is 11.3. The normalized spacial score (nSPS) is 30.4. The SMILES string of the molecule is N#Cc1c(N2CC3CN4CCCCC4C3C2)nc2ccccn12. The molecule has 3 saturated heterocycles. The van der Waals surface area contributed by atoms with Crippen LogP contribution in [0.4, 0.5) is 5.82 Å². The molecule has 0 saturated carbocycles. The number of anilines is 1. The van der Waals surface area contributed by atoms with E-state index in [2.05, 4.69) is 15.9 Å². The van der Waals surface area contributed by atoms with E-state index in [0.717, 1.165) is 42.4 Å². The van der Waals surface area contributed by atoms with Crippen LogP contribution in [0.2, 0.25) is 0 Å². The zero-order valence-corrected chi connectivity index (χ0v) is 13.2. The van der Waals surface area contributed by atoms with Gasteiger partial charge < -0.3 is 4.90 Å². The number of fused-ring (bicyclic) bond motifs is 4. The molecule has 0 N–H and O–H groups in total. The highest BCUT2D eigenvalue weighted by atomic mass is 15.3. The smallest absolute Gasteiger partial charge is 0.169 e. The highest BCUT2D eigenvalue weighted by molar-refractivity contribution is 5.61. The van der Waals surface area contributed by atoms with E-state index in [4.69, 9.17) is 4.98 Å². The summed E-state index contributed by atoms with van der Waals surface area (Å²) >= 11 is 0. The van der Waals surface area contributed by atoms with Crippen LogP contribution in [0.25, 0.3) is 5.65 Å². The van der Waals surface area contributed by atoms with Gasteiger partial charge >= 0.3 is 0 Å². The van der Waals surface area contributed by atoms with Gasteiger partial charge in [-0.25, -0.2) is 4.98 Å². The molecule has 3 aliphatic heterocycles. The third kappa shape index (κ3) is 1.91. The lowest BCUT2D eigenvalue weighted by Crippen LogP contribution is -2.40. The molecule has 0 spiro atoms. The zero-order valence-electron chi connectivity index (χ0n) is 13.2. The van der Waals surface area contributed by atoms with E-state index in [1.165, 1.54) is 32.4 Å². The van der Waals surface area contributed by atoms with Gasteiger partial charge in [0.2, 0.25) is 0 Å². The quantitative estimate of drug-likeness (QED) is 0.810. The summed E-state index contributed by atoms with van der Waals surface area (Å²) in [6.45, 7) is 4.64. The van der Waals surface area contributed by atoms with Crippen LogP contribution in [0.3, 0.4) is 0 Å². The number of hydrogen-bond donors (Lipinski definition) is 0. The van der Waals surface area contributed by atoms with Crippen LogP contribution in [-0.2, 0) is 0 Å². The van der Waals surface area contributed by atoms with Gasteiger partial charge in [0.05, 0.1) is 0 Å². The van der Waals surface area contributed by atoms with E-state index in [1.807, 2.05) is 28.8 Å². The molecule has 0 bridgehead atoms. The number of piperidine rings is 1. The van der Waals surface area contributed by atoms with Gasteiger partial charge in [-0.15, -0.1) is 0 Å². The summed E-state index contributed by atoms with van der Waals surface area (Å²) in [5, 5.41) is 9.61. The van der Waals surface area contributed by atoms with Crippen molar-refractivity contribution in [3.63, 3.8) is 0 Å². The van der Waals surface area contributed by atoms with Crippen molar-refractivity contribution >= 4 is 11.5 Å². The molecular formula is C18H21N5. The molecule has 0 radical (unpaired) electrons. The number of rotatable bonds is 1. The van der Waals surface area contributed by atoms with Crippen molar-refractivity contribution in [3.05, 3.63) is 30.1 Å². The Kier molecular flexibility index (Phi) is 2.89. The van der Waals surface area contributed by atoms with Gasteiger partial charge in [-0.05, 0) is 43.4 Å². The molecule has 5 nitrogen and oxygen atoms in total. The minimum Gasteiger partial charge on any atom is -0.353 e. The molecule has 23 heavy (non-hydrogen) atoms. The fraction of sp³-hybridized carbons (Fsp3) is 0.556. The largest absolute Gasteiger partial charge is 0.353 e. The summed E-state index contributed by atoms with van der Waals surface area (Å²) in [5.41, 5.74) is 1.55. The van der Waals surface area contributed by atoms with E-state index in [0.29, 0.717) is 5.69 Å². The summed E-state index contributed by atoms with van der Waals surface area (Å²) in [7, 11) is 0. The standard InChI is InChI=1S/C18H21N5/c19-9-16-18(20-17-6-2-4-8-23(16)17)22-11-13-10-21-7-3-1-5-15(21)14(13)12-22/h2,4,6,8,13-15H,1,3,5,7,10-12H2. The van der Waals surface area contributed by atoms with Gasteiger partial charge in [0.25, 0.3) is 0 Å². The first-order valence-electron chi connectivity index (χ1n) is 8.71. The molecule has 3 unspecified atom stereocenters. The fourth-order valence-electron chi connectivity index (χ4n) is 5.04. The Balaban J connectivity index is 1.48. The maximum absolute atomic E-state index is 9.61. The Bertz CT molecular complexity index is 788. The van der Waals surface area contributed by atoms with Crippen LogP contribution in [0, 0.1) is 23.2 Å². The molecule has 5 heterocycles. The van der Waals surface area contributed by atoms with Crippen molar-refractivity contribution in [1.82, 2.24) is 14.3 Å². The van der Waals surface area contributed by atoms with Gasteiger partial charge in [-0.3, -0.25) is 9.30 Å². The number of nitriles is 1. The molecule has 2 aromatic heterocycles. The van der Waals surface area contributed by atoms with Crippen molar-refractivity contribution in [3.8, 4) is 6.07 Å². The van der Waals surface area contributed by atoms with E-state index < -0.39 is 0 Å². The van der Waals surface area contributed by atoms with Crippen LogP contribution in [0.5, 0.6) is 0 Å². The predicted molar refractivity (Wildman–Crippen MR) is 88.3 cm³/mol. The number of pyridine rings is 1. The topological polar surface area (TPSA) is 47.6 Å². The van der Waals surface area contributed by atoms with E-state index in [1.54, 1.807) is 0 Å². The lowest BCUT2D eigenvalue weighted by Gasteiger charge is -2.33. The molecular weight excluding hydrogens is 286 g/mol. The lowest BCUT2D eigenvalue weighted by molar-refractivity contribution is 0.173. The number of hydrogen-bond acceptors (Lipinski definition) is 4. The Morgan fingerprint density at radius 2 is 2.13 bits per heavy atom. The fourth-order valence-corrected chi connectivity index (χ4v) is 5.04. The second-order valence-electron chi connectivity index (χ2n) is 7.21. The number of aromatic nitrogens is 2. The predicted octanol–water partition coefficient (Wildman–Crippen LogP) is 2.13. The van der Waals surface area contributed by atoms with E-state index >= 15 is 0 Å². The third-order valence-corrected chi connectivity index (χ3v) is 6.04. The Morgan fingerprint density at radius 3 is 3.04 bits per heavy atom. The second-order valence-corrected chi connectivity index (χ2v) is 7.21. The monoisotopic (exact) mass is 307 g/mol. The van der Waals surface area contributed by atoms with Gasteiger partial charge in [0, 0.05) is 31.9 Å². The summed E-state index contributed by atoms with van der Waals surface area (Å²) < 4.78 is 1.91. The first kappa shape index (κ1) is 13.4. The molecule has 3 aliphatic rings. The molecule has 3 fully saturated rings. The van der Waals surface area contributed by atoms with Crippen molar-refractivity contribution in [2.75, 3.05) is 31.1 Å². The molecule has 3 atom stereocenters. The summed E-state index contributed by atoms with van der Waals surface area (Å²) in [6, 6.07) is 9.04. The van der Waals surface area contributed by atoms with Crippen LogP contribution in [0.1, 0.15) is 25.0 Å². The Hall–Kier alpha value is -2.06. The number of imidazole rings is 1. The first-order valence-corrected chi connectivity index (χ1v) is 8.71. The third-order valence-electron chi connectivity index (χ3n) is 6.04. The Morgan fingerprint density at radius 1 is 1.17 bits per heavy atom. The van der Waals surface area contributed by atoms with Gasteiger partial charge in [0.15, 0.2) is 11.5 Å². The van der Waals surface area contributed by atoms with Crippen molar-refractivity contribution < 1.29 is 0 Å². The summed E-state index contributed by atoms with van der Waals surface area (Å²) in [6.07, 6.45) is 6.03. The van der Waals surface area contributed by atoms with Crippen molar-refractivity contribution in [1.29, 1.82) is 5.26 Å². The van der Waals surface area contributed by atoms with Crippen molar-refractivity contribution in [2.24, 2.45) is 11.8 Å². The average Bonchev–Trinajstić information content (AvgIpc) is 3.24. The van der Waals surface area contributed by atoms with Gasteiger partial charge in [-0.1, -0.05) is 12.5 Å². The summed E-state index contributed by atoms with van der Waals surface area (Å²) in [4.78, 5) is 9.83. The average molecular weight is 307 g/mol. The minimum absolute atomic E-state index is 0.682. The second kappa shape index (κ2) is 4.97. The zero-order chi connectivity index (χ0) is 15.4. The molecule has 5 heteroatoms. The van der Waals surface area contributed by atoms with Crippen LogP contribution in [0.15, 0.2) is 24.4 Å². The number of nitrogens with zero attached hydrogens (tertiary/aromatic N) is 5.